The molecule has 6 heteroatoms. The molecule has 0 saturated carbocycles. The largest absolute Gasteiger partial charge is 0.468 e. The van der Waals surface area contributed by atoms with Crippen molar-refractivity contribution in [1.29, 1.82) is 0 Å². The van der Waals surface area contributed by atoms with Gasteiger partial charge in [-0.2, -0.15) is 0 Å². The van der Waals surface area contributed by atoms with Crippen molar-refractivity contribution in [1.82, 2.24) is 10.2 Å². The molecular weight excluding hydrogens is 224 g/mol. The molecule has 1 heterocycles. The lowest BCUT2D eigenvalue weighted by atomic mass is 10.2. The highest BCUT2D eigenvalue weighted by atomic mass is 16.5. The second kappa shape index (κ2) is 7.24. The highest BCUT2D eigenvalue weighted by Crippen LogP contribution is 2.10. The van der Waals surface area contributed by atoms with E-state index in [9.17, 15) is 9.59 Å². The van der Waals surface area contributed by atoms with Gasteiger partial charge in [0.2, 0.25) is 5.91 Å². The van der Waals surface area contributed by atoms with E-state index in [2.05, 4.69) is 10.1 Å². The first kappa shape index (κ1) is 13.9. The van der Waals surface area contributed by atoms with E-state index >= 15 is 0 Å². The number of hydrogen-bond acceptors (Lipinski definition) is 5. The van der Waals surface area contributed by atoms with E-state index < -0.39 is 0 Å². The van der Waals surface area contributed by atoms with E-state index in [0.29, 0.717) is 6.54 Å². The number of carbonyl (C=O) groups excluding carboxylic acids is 2. The molecule has 0 aromatic carbocycles. The average molecular weight is 244 g/mol. The smallest absolute Gasteiger partial charge is 0.319 e. The molecule has 1 atom stereocenters. The highest BCUT2D eigenvalue weighted by molar-refractivity contribution is 5.79. The number of carbonyl (C=O) groups is 2. The monoisotopic (exact) mass is 244 g/mol. The summed E-state index contributed by atoms with van der Waals surface area (Å²) in [5.41, 5.74) is 0. The van der Waals surface area contributed by atoms with Crippen molar-refractivity contribution in [2.24, 2.45) is 0 Å². The van der Waals surface area contributed by atoms with Crippen LogP contribution in [0.25, 0.3) is 0 Å². The van der Waals surface area contributed by atoms with Crippen molar-refractivity contribution in [2.45, 2.75) is 18.9 Å². The summed E-state index contributed by atoms with van der Waals surface area (Å²) in [7, 11) is 3.02. The lowest BCUT2D eigenvalue weighted by molar-refractivity contribution is -0.141. The Kier molecular flexibility index (Phi) is 5.93. The van der Waals surface area contributed by atoms with Crippen LogP contribution in [-0.2, 0) is 19.1 Å². The maximum Gasteiger partial charge on any atom is 0.319 e. The lowest BCUT2D eigenvalue weighted by Gasteiger charge is -2.16. The Labute approximate surface area is 101 Å². The van der Waals surface area contributed by atoms with Crippen LogP contribution in [0.2, 0.25) is 0 Å². The summed E-state index contributed by atoms with van der Waals surface area (Å²) in [6.45, 7) is 1.62. The SMILES string of the molecule is COC(=O)CN(C)CC(=O)NCC1CCCO1. The molecular formula is C11H20N2O4. The number of hydrogen-bond donors (Lipinski definition) is 1. The highest BCUT2D eigenvalue weighted by Gasteiger charge is 2.17. The van der Waals surface area contributed by atoms with E-state index in [1.165, 1.54) is 7.11 Å². The van der Waals surface area contributed by atoms with Gasteiger partial charge in [-0.3, -0.25) is 14.5 Å². The predicted octanol–water partition coefficient (Wildman–Crippen LogP) is -0.614. The van der Waals surface area contributed by atoms with Gasteiger partial charge >= 0.3 is 5.97 Å². The number of esters is 1. The fourth-order valence-electron chi connectivity index (χ4n) is 1.67. The Morgan fingerprint density at radius 2 is 2.24 bits per heavy atom. The van der Waals surface area contributed by atoms with Gasteiger partial charge in [-0.15, -0.1) is 0 Å². The first-order valence-corrected chi connectivity index (χ1v) is 5.75. The van der Waals surface area contributed by atoms with Crippen molar-refractivity contribution in [3.63, 3.8) is 0 Å². The van der Waals surface area contributed by atoms with Gasteiger partial charge in [-0.1, -0.05) is 0 Å². The summed E-state index contributed by atoms with van der Waals surface area (Å²) in [6.07, 6.45) is 2.20. The summed E-state index contributed by atoms with van der Waals surface area (Å²) < 4.78 is 9.90. The van der Waals surface area contributed by atoms with Crippen LogP contribution in [0.1, 0.15) is 12.8 Å². The van der Waals surface area contributed by atoms with Crippen molar-refractivity contribution in [2.75, 3.05) is 40.4 Å². The topological polar surface area (TPSA) is 67.9 Å². The molecule has 0 bridgehead atoms. The minimum atomic E-state index is -0.348. The van der Waals surface area contributed by atoms with Crippen LogP contribution in [0.5, 0.6) is 0 Å². The van der Waals surface area contributed by atoms with Gasteiger partial charge in [0.05, 0.1) is 26.3 Å². The molecule has 0 spiro atoms. The van der Waals surface area contributed by atoms with Crippen molar-refractivity contribution in [3.05, 3.63) is 0 Å². The van der Waals surface area contributed by atoms with Crippen molar-refractivity contribution in [3.8, 4) is 0 Å². The van der Waals surface area contributed by atoms with Gasteiger partial charge in [0.25, 0.3) is 0 Å². The second-order valence-electron chi connectivity index (χ2n) is 4.19. The number of nitrogens with zero attached hydrogens (tertiary/aromatic N) is 1. The Morgan fingerprint density at radius 1 is 1.47 bits per heavy atom. The van der Waals surface area contributed by atoms with Crippen LogP contribution in [-0.4, -0.2) is 63.3 Å². The summed E-state index contributed by atoms with van der Waals surface area (Å²) in [5, 5.41) is 2.79. The van der Waals surface area contributed by atoms with E-state index in [4.69, 9.17) is 4.74 Å². The number of methoxy groups -OCH3 is 1. The van der Waals surface area contributed by atoms with Crippen LogP contribution in [0, 0.1) is 0 Å². The number of ether oxygens (including phenoxy) is 2. The molecule has 0 radical (unpaired) electrons. The Balaban J connectivity index is 2.12. The fraction of sp³-hybridized carbons (Fsp3) is 0.818. The lowest BCUT2D eigenvalue weighted by Crippen LogP contribution is -2.40. The van der Waals surface area contributed by atoms with Gasteiger partial charge in [0, 0.05) is 13.2 Å². The number of rotatable bonds is 6. The molecule has 98 valence electrons. The second-order valence-corrected chi connectivity index (χ2v) is 4.19. The van der Waals surface area contributed by atoms with Crippen LogP contribution < -0.4 is 5.32 Å². The van der Waals surface area contributed by atoms with Gasteiger partial charge in [-0.05, 0) is 19.9 Å². The summed E-state index contributed by atoms with van der Waals surface area (Å²) in [5.74, 6) is -0.452. The molecule has 0 aliphatic carbocycles. The number of likely N-dealkylation sites (N-methyl/N-ethyl adjacent to an activating group) is 1. The zero-order chi connectivity index (χ0) is 12.7. The number of amides is 1. The quantitative estimate of drug-likeness (QED) is 0.631. The third-order valence-electron chi connectivity index (χ3n) is 2.59. The standard InChI is InChI=1S/C11H20N2O4/c1-13(8-11(15)16-2)7-10(14)12-6-9-4-3-5-17-9/h9H,3-8H2,1-2H3,(H,12,14). The Morgan fingerprint density at radius 3 is 2.82 bits per heavy atom. The third kappa shape index (κ3) is 5.65. The van der Waals surface area contributed by atoms with Crippen molar-refractivity contribution < 1.29 is 19.1 Å². The van der Waals surface area contributed by atoms with Gasteiger partial charge in [0.1, 0.15) is 0 Å². The fourth-order valence-corrected chi connectivity index (χ4v) is 1.67. The van der Waals surface area contributed by atoms with E-state index in [0.717, 1.165) is 19.4 Å². The van der Waals surface area contributed by atoms with Crippen molar-refractivity contribution >= 4 is 11.9 Å². The van der Waals surface area contributed by atoms with E-state index in [1.807, 2.05) is 0 Å². The normalized spacial score (nSPS) is 19.4. The van der Waals surface area contributed by atoms with Crippen LogP contribution in [0.4, 0.5) is 0 Å². The first-order chi connectivity index (χ1) is 8.11. The third-order valence-corrected chi connectivity index (χ3v) is 2.59. The molecule has 1 saturated heterocycles. The summed E-state index contributed by atoms with van der Waals surface area (Å²) >= 11 is 0. The molecule has 1 aliphatic rings. The minimum absolute atomic E-state index is 0.105. The molecule has 0 aromatic rings. The molecule has 1 rings (SSSR count). The molecule has 1 unspecified atom stereocenters. The molecule has 17 heavy (non-hydrogen) atoms. The average Bonchev–Trinajstić information content (AvgIpc) is 2.78. The summed E-state index contributed by atoms with van der Waals surface area (Å²) in [4.78, 5) is 24.1. The Bertz CT molecular complexity index is 264. The summed E-state index contributed by atoms with van der Waals surface area (Å²) in [6, 6.07) is 0. The Hall–Kier alpha value is -1.14. The maximum absolute atomic E-state index is 11.5. The predicted molar refractivity (Wildman–Crippen MR) is 61.5 cm³/mol. The van der Waals surface area contributed by atoms with Crippen LogP contribution in [0.3, 0.4) is 0 Å². The number of nitrogens with one attached hydrogen (secondary N) is 1. The van der Waals surface area contributed by atoms with Gasteiger partial charge in [-0.25, -0.2) is 0 Å². The van der Waals surface area contributed by atoms with E-state index in [-0.39, 0.29) is 31.1 Å². The zero-order valence-electron chi connectivity index (χ0n) is 10.4. The molecule has 1 aliphatic heterocycles. The van der Waals surface area contributed by atoms with Crippen LogP contribution in [0.15, 0.2) is 0 Å². The molecule has 6 nitrogen and oxygen atoms in total. The molecule has 0 aromatic heterocycles. The minimum Gasteiger partial charge on any atom is -0.468 e. The van der Waals surface area contributed by atoms with Crippen LogP contribution >= 0.6 is 0 Å². The van der Waals surface area contributed by atoms with Gasteiger partial charge in [0.15, 0.2) is 0 Å². The maximum atomic E-state index is 11.5. The zero-order valence-corrected chi connectivity index (χ0v) is 10.4. The molecule has 1 fully saturated rings. The van der Waals surface area contributed by atoms with E-state index in [1.54, 1.807) is 11.9 Å². The molecule has 1 N–H and O–H groups in total. The first-order valence-electron chi connectivity index (χ1n) is 5.75. The molecule has 1 amide bonds. The van der Waals surface area contributed by atoms with Gasteiger partial charge < -0.3 is 14.8 Å².